The Bertz CT molecular complexity index is 710. The molecule has 0 spiro atoms. The summed E-state index contributed by atoms with van der Waals surface area (Å²) in [5, 5.41) is 5.66. The van der Waals surface area contributed by atoms with Crippen molar-refractivity contribution in [3.05, 3.63) is 24.3 Å². The van der Waals surface area contributed by atoms with E-state index in [9.17, 15) is 9.59 Å². The molecule has 158 valence electrons. The minimum atomic E-state index is -0.583. The van der Waals surface area contributed by atoms with Crippen LogP contribution in [0.25, 0.3) is 0 Å². The minimum Gasteiger partial charge on any atom is -0.497 e. The van der Waals surface area contributed by atoms with Crippen LogP contribution >= 0.6 is 0 Å². The zero-order valence-electron chi connectivity index (χ0n) is 17.4. The summed E-state index contributed by atoms with van der Waals surface area (Å²) in [6.45, 7) is 2.67. The molecule has 1 aromatic carbocycles. The molecule has 1 atom stereocenters. The molecule has 0 saturated heterocycles. The number of hydrogen-bond donors (Lipinski definition) is 2. The van der Waals surface area contributed by atoms with Gasteiger partial charge in [-0.15, -0.1) is 0 Å². The monoisotopic (exact) mass is 400 g/mol. The second kappa shape index (κ2) is 8.25. The van der Waals surface area contributed by atoms with Gasteiger partial charge in [0.25, 0.3) is 0 Å². The van der Waals surface area contributed by atoms with E-state index >= 15 is 0 Å². The van der Waals surface area contributed by atoms with E-state index in [2.05, 4.69) is 17.6 Å². The first-order chi connectivity index (χ1) is 14.0. The van der Waals surface area contributed by atoms with Crippen LogP contribution in [-0.2, 0) is 9.59 Å². The van der Waals surface area contributed by atoms with Gasteiger partial charge in [-0.05, 0) is 92.9 Å². The van der Waals surface area contributed by atoms with Gasteiger partial charge < -0.3 is 20.1 Å². The SMILES string of the molecule is COc1ccc(OCCNC(=O)C(=O)NC(C)C23CC4CC(CC(C4)C2)C3)cc1. The van der Waals surface area contributed by atoms with Gasteiger partial charge in [0.2, 0.25) is 0 Å². The topological polar surface area (TPSA) is 76.7 Å². The molecular formula is C23H32N2O4. The van der Waals surface area contributed by atoms with Crippen molar-refractivity contribution in [1.82, 2.24) is 10.6 Å². The van der Waals surface area contributed by atoms with Crippen LogP contribution in [0.1, 0.15) is 45.4 Å². The lowest BCUT2D eigenvalue weighted by atomic mass is 9.48. The van der Waals surface area contributed by atoms with Crippen LogP contribution < -0.4 is 20.1 Å². The van der Waals surface area contributed by atoms with Crippen molar-refractivity contribution in [1.29, 1.82) is 0 Å². The molecule has 5 rings (SSSR count). The predicted octanol–water partition coefficient (Wildman–Crippen LogP) is 2.91. The van der Waals surface area contributed by atoms with Crippen molar-refractivity contribution in [3.8, 4) is 11.5 Å². The Morgan fingerprint density at radius 1 is 1.00 bits per heavy atom. The largest absolute Gasteiger partial charge is 0.497 e. The van der Waals surface area contributed by atoms with E-state index in [-0.39, 0.29) is 18.0 Å². The van der Waals surface area contributed by atoms with Gasteiger partial charge >= 0.3 is 11.8 Å². The maximum Gasteiger partial charge on any atom is 0.309 e. The Morgan fingerprint density at radius 3 is 2.10 bits per heavy atom. The molecule has 4 bridgehead atoms. The molecule has 6 nitrogen and oxygen atoms in total. The number of hydrogen-bond acceptors (Lipinski definition) is 4. The van der Waals surface area contributed by atoms with Gasteiger partial charge in [0.1, 0.15) is 18.1 Å². The quantitative estimate of drug-likeness (QED) is 0.545. The van der Waals surface area contributed by atoms with Crippen LogP contribution in [0.5, 0.6) is 11.5 Å². The molecule has 2 amide bonds. The Hall–Kier alpha value is -2.24. The molecule has 4 aliphatic carbocycles. The molecule has 0 heterocycles. The number of amides is 2. The number of ether oxygens (including phenoxy) is 2. The van der Waals surface area contributed by atoms with Crippen molar-refractivity contribution in [3.63, 3.8) is 0 Å². The van der Waals surface area contributed by atoms with Gasteiger partial charge in [-0.25, -0.2) is 0 Å². The molecule has 4 aliphatic rings. The summed E-state index contributed by atoms with van der Waals surface area (Å²) in [5.41, 5.74) is 0.197. The molecule has 0 aliphatic heterocycles. The summed E-state index contributed by atoms with van der Waals surface area (Å²) >= 11 is 0. The van der Waals surface area contributed by atoms with Crippen molar-refractivity contribution in [2.45, 2.75) is 51.5 Å². The van der Waals surface area contributed by atoms with E-state index < -0.39 is 11.8 Å². The van der Waals surface area contributed by atoms with Gasteiger partial charge in [-0.1, -0.05) is 0 Å². The lowest BCUT2D eigenvalue weighted by Crippen LogP contribution is -2.57. The average molecular weight is 401 g/mol. The molecule has 0 aromatic heterocycles. The molecule has 4 saturated carbocycles. The van der Waals surface area contributed by atoms with Crippen LogP contribution in [-0.4, -0.2) is 38.1 Å². The third-order valence-corrected chi connectivity index (χ3v) is 7.27. The summed E-state index contributed by atoms with van der Waals surface area (Å²) in [4.78, 5) is 24.6. The summed E-state index contributed by atoms with van der Waals surface area (Å²) in [6.07, 6.45) is 7.73. The minimum absolute atomic E-state index is 0.0460. The Morgan fingerprint density at radius 2 is 1.55 bits per heavy atom. The molecule has 29 heavy (non-hydrogen) atoms. The van der Waals surface area contributed by atoms with Gasteiger partial charge in [-0.2, -0.15) is 0 Å². The Balaban J connectivity index is 1.21. The van der Waals surface area contributed by atoms with Gasteiger partial charge in [0, 0.05) is 6.04 Å². The summed E-state index contributed by atoms with van der Waals surface area (Å²) in [7, 11) is 1.61. The smallest absolute Gasteiger partial charge is 0.309 e. The van der Waals surface area contributed by atoms with E-state index in [1.165, 1.54) is 38.5 Å². The number of benzene rings is 1. The molecule has 2 N–H and O–H groups in total. The number of rotatable bonds is 7. The summed E-state index contributed by atoms with van der Waals surface area (Å²) in [6, 6.07) is 7.28. The highest BCUT2D eigenvalue weighted by molar-refractivity contribution is 6.35. The normalized spacial score (nSPS) is 30.5. The molecule has 6 heteroatoms. The predicted molar refractivity (Wildman–Crippen MR) is 110 cm³/mol. The lowest BCUT2D eigenvalue weighted by molar-refractivity contribution is -0.141. The molecule has 4 fully saturated rings. The second-order valence-electron chi connectivity index (χ2n) is 9.25. The van der Waals surface area contributed by atoms with Crippen LogP contribution in [0, 0.1) is 23.2 Å². The van der Waals surface area contributed by atoms with E-state index in [4.69, 9.17) is 9.47 Å². The summed E-state index contributed by atoms with van der Waals surface area (Å²) in [5.74, 6) is 2.81. The Labute approximate surface area is 172 Å². The van der Waals surface area contributed by atoms with E-state index in [0.717, 1.165) is 23.5 Å². The summed E-state index contributed by atoms with van der Waals surface area (Å²) < 4.78 is 10.7. The van der Waals surface area contributed by atoms with E-state index in [1.807, 2.05) is 12.1 Å². The average Bonchev–Trinajstić information content (AvgIpc) is 2.70. The first kappa shape index (κ1) is 20.0. The zero-order valence-corrected chi connectivity index (χ0v) is 17.4. The van der Waals surface area contributed by atoms with Crippen molar-refractivity contribution in [2.75, 3.05) is 20.3 Å². The highest BCUT2D eigenvalue weighted by Crippen LogP contribution is 2.61. The van der Waals surface area contributed by atoms with Crippen LogP contribution in [0.4, 0.5) is 0 Å². The first-order valence-electron chi connectivity index (χ1n) is 10.8. The first-order valence-corrected chi connectivity index (χ1v) is 10.8. The zero-order chi connectivity index (χ0) is 20.4. The fourth-order valence-corrected chi connectivity index (χ4v) is 6.21. The second-order valence-corrected chi connectivity index (χ2v) is 9.25. The number of methoxy groups -OCH3 is 1. The van der Waals surface area contributed by atoms with E-state index in [0.29, 0.717) is 12.4 Å². The van der Waals surface area contributed by atoms with Crippen LogP contribution in [0.2, 0.25) is 0 Å². The third-order valence-electron chi connectivity index (χ3n) is 7.27. The van der Waals surface area contributed by atoms with Crippen molar-refractivity contribution >= 4 is 11.8 Å². The fourth-order valence-electron chi connectivity index (χ4n) is 6.21. The molecular weight excluding hydrogens is 368 g/mol. The molecule has 1 unspecified atom stereocenters. The fraction of sp³-hybridized carbons (Fsp3) is 0.652. The lowest BCUT2D eigenvalue weighted by Gasteiger charge is -2.59. The van der Waals surface area contributed by atoms with Crippen molar-refractivity contribution < 1.29 is 19.1 Å². The van der Waals surface area contributed by atoms with Crippen LogP contribution in [0.3, 0.4) is 0 Å². The van der Waals surface area contributed by atoms with Gasteiger partial charge in [0.05, 0.1) is 13.7 Å². The standard InChI is InChI=1S/C23H32N2O4/c1-15(23-12-16-9-17(13-23)11-18(10-16)14-23)25-22(27)21(26)24-7-8-29-20-5-3-19(28-2)4-6-20/h3-6,15-18H,7-14H2,1-2H3,(H,24,26)(H,25,27). The number of nitrogens with one attached hydrogen (secondary N) is 2. The van der Waals surface area contributed by atoms with Gasteiger partial charge in [-0.3, -0.25) is 9.59 Å². The number of carbonyl (C=O) groups excluding carboxylic acids is 2. The highest BCUT2D eigenvalue weighted by atomic mass is 16.5. The highest BCUT2D eigenvalue weighted by Gasteiger charge is 2.53. The number of carbonyl (C=O) groups is 2. The third kappa shape index (κ3) is 4.36. The maximum absolute atomic E-state index is 12.4. The van der Waals surface area contributed by atoms with E-state index in [1.54, 1.807) is 19.2 Å². The molecule has 0 radical (unpaired) electrons. The maximum atomic E-state index is 12.4. The van der Waals surface area contributed by atoms with Gasteiger partial charge in [0.15, 0.2) is 0 Å². The van der Waals surface area contributed by atoms with Crippen molar-refractivity contribution in [2.24, 2.45) is 23.2 Å². The Kier molecular flexibility index (Phi) is 5.70. The van der Waals surface area contributed by atoms with Crippen LogP contribution in [0.15, 0.2) is 24.3 Å². The molecule has 1 aromatic rings.